The topological polar surface area (TPSA) is 116 Å². The normalized spacial score (nSPS) is 14.9. The molecule has 3 N–H and O–H groups in total. The molecule has 2 aromatic carbocycles. The van der Waals surface area contributed by atoms with E-state index in [1.165, 1.54) is 19.2 Å². The van der Waals surface area contributed by atoms with Crippen LogP contribution in [0, 0.1) is 0 Å². The minimum atomic E-state index is -1.79. The van der Waals surface area contributed by atoms with Crippen LogP contribution in [0.15, 0.2) is 54.6 Å². The Morgan fingerprint density at radius 1 is 1.03 bits per heavy atom. The Hall–Kier alpha value is -3.01. The maximum atomic E-state index is 13.0. The molecule has 2 aromatic rings. The molecule has 31 heavy (non-hydrogen) atoms. The number of hydrogen-bond donors (Lipinski definition) is 3. The van der Waals surface area contributed by atoms with Crippen LogP contribution in [-0.4, -0.2) is 65.5 Å². The minimum Gasteiger partial charge on any atom is -0.426 e. The predicted octanol–water partition coefficient (Wildman–Crippen LogP) is 0.817. The Kier molecular flexibility index (Phi) is 7.57. The Morgan fingerprint density at radius 3 is 2.16 bits per heavy atom. The van der Waals surface area contributed by atoms with Gasteiger partial charge in [-0.1, -0.05) is 42.5 Å². The number of ether oxygens (including phenoxy) is 1. The fourth-order valence-corrected chi connectivity index (χ4v) is 3.66. The van der Waals surface area contributed by atoms with Crippen LogP contribution < -0.4 is 5.32 Å². The standard InChI is InChI=1S/C22H25BN2O6/c1-31-14-18(25-21(27)16-11-5-6-12-17(16)22(25)28)20(26)24-19(23(29)30)13-7-10-15-8-3-2-4-9-15/h2-6,8-9,11-12,18-19,29-30H,7,10,13-14H2,1H3,(H,24,26)/t18?,19-/m0/s1. The minimum absolute atomic E-state index is 0.213. The lowest BCUT2D eigenvalue weighted by molar-refractivity contribution is -0.127. The molecular weight excluding hydrogens is 399 g/mol. The van der Waals surface area contributed by atoms with Gasteiger partial charge >= 0.3 is 7.12 Å². The van der Waals surface area contributed by atoms with Crippen molar-refractivity contribution in [3.8, 4) is 0 Å². The van der Waals surface area contributed by atoms with Crippen LogP contribution in [0.25, 0.3) is 0 Å². The number of aryl methyl sites for hydroxylation is 1. The zero-order chi connectivity index (χ0) is 22.4. The van der Waals surface area contributed by atoms with Gasteiger partial charge in [0, 0.05) is 7.11 Å². The number of imide groups is 1. The molecule has 3 rings (SSSR count). The average Bonchev–Trinajstić information content (AvgIpc) is 3.02. The van der Waals surface area contributed by atoms with Crippen LogP contribution in [0.3, 0.4) is 0 Å². The Labute approximate surface area is 181 Å². The molecule has 1 aliphatic rings. The first-order chi connectivity index (χ1) is 14.9. The van der Waals surface area contributed by atoms with Gasteiger partial charge in [-0.2, -0.15) is 0 Å². The highest BCUT2D eigenvalue weighted by Crippen LogP contribution is 2.25. The third-order valence-electron chi connectivity index (χ3n) is 5.28. The fraction of sp³-hybridized carbons (Fsp3) is 0.318. The van der Waals surface area contributed by atoms with Crippen LogP contribution in [0.4, 0.5) is 0 Å². The molecule has 9 heteroatoms. The molecule has 0 spiro atoms. The van der Waals surface area contributed by atoms with E-state index in [2.05, 4.69) is 5.32 Å². The molecule has 8 nitrogen and oxygen atoms in total. The van der Waals surface area contributed by atoms with Gasteiger partial charge < -0.3 is 20.1 Å². The molecule has 3 amide bonds. The van der Waals surface area contributed by atoms with Gasteiger partial charge in [0.25, 0.3) is 11.8 Å². The first kappa shape index (κ1) is 22.7. The summed E-state index contributed by atoms with van der Waals surface area (Å²) < 4.78 is 5.08. The maximum Gasteiger partial charge on any atom is 0.475 e. The summed E-state index contributed by atoms with van der Waals surface area (Å²) in [6.45, 7) is -0.213. The van der Waals surface area contributed by atoms with Crippen molar-refractivity contribution in [3.05, 3.63) is 71.3 Å². The first-order valence-corrected chi connectivity index (χ1v) is 10.1. The van der Waals surface area contributed by atoms with E-state index in [-0.39, 0.29) is 17.7 Å². The molecule has 0 saturated heterocycles. The summed E-state index contributed by atoms with van der Waals surface area (Å²) in [5.41, 5.74) is 1.55. The van der Waals surface area contributed by atoms with Crippen molar-refractivity contribution in [3.63, 3.8) is 0 Å². The van der Waals surface area contributed by atoms with Crippen molar-refractivity contribution < 1.29 is 29.2 Å². The molecule has 162 valence electrons. The number of carbonyl (C=O) groups is 3. The Morgan fingerprint density at radius 2 is 1.61 bits per heavy atom. The van der Waals surface area contributed by atoms with Crippen LogP contribution in [0.5, 0.6) is 0 Å². The molecule has 0 saturated carbocycles. The van der Waals surface area contributed by atoms with Crippen LogP contribution in [0.1, 0.15) is 39.1 Å². The number of nitrogens with zero attached hydrogens (tertiary/aromatic N) is 1. The van der Waals surface area contributed by atoms with E-state index >= 15 is 0 Å². The molecule has 1 heterocycles. The van der Waals surface area contributed by atoms with Gasteiger partial charge in [0.2, 0.25) is 5.91 Å². The molecular formula is C22H25BN2O6. The van der Waals surface area contributed by atoms with E-state index in [9.17, 15) is 24.4 Å². The van der Waals surface area contributed by atoms with E-state index in [0.29, 0.717) is 19.3 Å². The van der Waals surface area contributed by atoms with E-state index < -0.39 is 36.8 Å². The molecule has 0 radical (unpaired) electrons. The number of methoxy groups -OCH3 is 1. The number of carbonyl (C=O) groups excluding carboxylic acids is 3. The lowest BCUT2D eigenvalue weighted by atomic mass is 9.76. The number of rotatable bonds is 10. The molecule has 2 atom stereocenters. The average molecular weight is 424 g/mol. The number of fused-ring (bicyclic) bond motifs is 1. The van der Waals surface area contributed by atoms with E-state index in [1.807, 2.05) is 30.3 Å². The second kappa shape index (κ2) is 10.3. The zero-order valence-electron chi connectivity index (χ0n) is 17.2. The van der Waals surface area contributed by atoms with Crippen molar-refractivity contribution in [2.45, 2.75) is 31.2 Å². The van der Waals surface area contributed by atoms with Crippen molar-refractivity contribution >= 4 is 24.8 Å². The Balaban J connectivity index is 1.68. The zero-order valence-corrected chi connectivity index (χ0v) is 17.2. The largest absolute Gasteiger partial charge is 0.475 e. The molecule has 0 aliphatic carbocycles. The highest BCUT2D eigenvalue weighted by Gasteiger charge is 2.43. The number of benzene rings is 2. The van der Waals surface area contributed by atoms with Crippen molar-refractivity contribution in [2.75, 3.05) is 13.7 Å². The highest BCUT2D eigenvalue weighted by molar-refractivity contribution is 6.43. The number of hydrogen-bond acceptors (Lipinski definition) is 6. The van der Waals surface area contributed by atoms with E-state index in [4.69, 9.17) is 4.74 Å². The predicted molar refractivity (Wildman–Crippen MR) is 114 cm³/mol. The molecule has 1 unspecified atom stereocenters. The fourth-order valence-electron chi connectivity index (χ4n) is 3.66. The van der Waals surface area contributed by atoms with Gasteiger partial charge in [0.05, 0.1) is 23.7 Å². The Bertz CT molecular complexity index is 902. The monoisotopic (exact) mass is 424 g/mol. The molecule has 0 aromatic heterocycles. The summed E-state index contributed by atoms with van der Waals surface area (Å²) in [5, 5.41) is 22.1. The molecule has 0 fully saturated rings. The van der Waals surface area contributed by atoms with Crippen LogP contribution in [-0.2, 0) is 16.0 Å². The molecule has 0 bridgehead atoms. The van der Waals surface area contributed by atoms with Gasteiger partial charge in [-0.3, -0.25) is 19.3 Å². The first-order valence-electron chi connectivity index (χ1n) is 10.1. The van der Waals surface area contributed by atoms with E-state index in [0.717, 1.165) is 10.5 Å². The number of amides is 3. The number of nitrogens with one attached hydrogen (secondary N) is 1. The maximum absolute atomic E-state index is 13.0. The van der Waals surface area contributed by atoms with Gasteiger partial charge in [0.1, 0.15) is 6.04 Å². The van der Waals surface area contributed by atoms with Crippen LogP contribution >= 0.6 is 0 Å². The SMILES string of the molecule is COCC(C(=O)N[C@@H](CCCc1ccccc1)B(O)O)N1C(=O)c2ccccc2C1=O. The van der Waals surface area contributed by atoms with Crippen molar-refractivity contribution in [1.29, 1.82) is 0 Å². The third-order valence-corrected chi connectivity index (χ3v) is 5.28. The van der Waals surface area contributed by atoms with Crippen molar-refractivity contribution in [2.24, 2.45) is 0 Å². The second-order valence-corrected chi connectivity index (χ2v) is 7.40. The summed E-state index contributed by atoms with van der Waals surface area (Å²) in [5.74, 6) is -2.80. The summed E-state index contributed by atoms with van der Waals surface area (Å²) in [4.78, 5) is 39.3. The summed E-state index contributed by atoms with van der Waals surface area (Å²) in [7, 11) is -0.429. The summed E-state index contributed by atoms with van der Waals surface area (Å²) in [6, 6.07) is 14.8. The van der Waals surface area contributed by atoms with Gasteiger partial charge in [-0.05, 0) is 37.0 Å². The van der Waals surface area contributed by atoms with Gasteiger partial charge in [-0.25, -0.2) is 0 Å². The van der Waals surface area contributed by atoms with Crippen LogP contribution in [0.2, 0.25) is 0 Å². The third kappa shape index (κ3) is 5.19. The van der Waals surface area contributed by atoms with Gasteiger partial charge in [-0.15, -0.1) is 0 Å². The lowest BCUT2D eigenvalue weighted by Gasteiger charge is -2.27. The van der Waals surface area contributed by atoms with Crippen molar-refractivity contribution in [1.82, 2.24) is 10.2 Å². The molecule has 1 aliphatic heterocycles. The smallest absolute Gasteiger partial charge is 0.426 e. The lowest BCUT2D eigenvalue weighted by Crippen LogP contribution is -2.56. The second-order valence-electron chi connectivity index (χ2n) is 7.40. The summed E-state index contributed by atoms with van der Waals surface area (Å²) >= 11 is 0. The quantitative estimate of drug-likeness (QED) is 0.384. The van der Waals surface area contributed by atoms with E-state index in [1.54, 1.807) is 12.1 Å². The summed E-state index contributed by atoms with van der Waals surface area (Å²) in [6.07, 6.45) is 1.62. The highest BCUT2D eigenvalue weighted by atomic mass is 16.5. The van der Waals surface area contributed by atoms with Gasteiger partial charge in [0.15, 0.2) is 0 Å².